The van der Waals surface area contributed by atoms with Crippen LogP contribution in [0.25, 0.3) is 10.8 Å². The largest absolute Gasteiger partial charge is 0.350 e. The van der Waals surface area contributed by atoms with E-state index in [1.54, 1.807) is 6.20 Å². The van der Waals surface area contributed by atoms with Crippen LogP contribution in [-0.4, -0.2) is 20.7 Å². The zero-order valence-electron chi connectivity index (χ0n) is 18.8. The molecule has 3 aromatic rings. The van der Waals surface area contributed by atoms with E-state index < -0.39 is 0 Å². The normalized spacial score (nSPS) is 18.5. The molecule has 6 nitrogen and oxygen atoms in total. The molecular weight excluding hydrogens is 400 g/mol. The van der Waals surface area contributed by atoms with Crippen molar-refractivity contribution in [3.8, 4) is 0 Å². The van der Waals surface area contributed by atoms with Gasteiger partial charge in [-0.3, -0.25) is 14.6 Å². The highest BCUT2D eigenvalue weighted by Crippen LogP contribution is 2.32. The van der Waals surface area contributed by atoms with E-state index in [2.05, 4.69) is 22.3 Å². The number of pyridine rings is 1. The molecule has 0 saturated heterocycles. The molecule has 1 amide bonds. The molecule has 1 saturated carbocycles. The Morgan fingerprint density at radius 1 is 1.06 bits per heavy atom. The van der Waals surface area contributed by atoms with Crippen LogP contribution < -0.4 is 10.9 Å². The highest BCUT2D eigenvalue weighted by molar-refractivity contribution is 5.84. The third kappa shape index (κ3) is 5.23. The first-order valence-electron chi connectivity index (χ1n) is 11.8. The van der Waals surface area contributed by atoms with E-state index in [0.717, 1.165) is 42.7 Å². The van der Waals surface area contributed by atoms with E-state index in [1.165, 1.54) is 23.9 Å². The van der Waals surface area contributed by atoms with E-state index in [9.17, 15) is 9.59 Å². The van der Waals surface area contributed by atoms with Crippen molar-refractivity contribution in [2.45, 2.75) is 65.0 Å². The summed E-state index contributed by atoms with van der Waals surface area (Å²) in [4.78, 5) is 30.1. The zero-order chi connectivity index (χ0) is 22.3. The Kier molecular flexibility index (Phi) is 7.30. The van der Waals surface area contributed by atoms with E-state index >= 15 is 0 Å². The fraction of sp³-hybridized carbons (Fsp3) is 0.462. The van der Waals surface area contributed by atoms with Gasteiger partial charge in [0, 0.05) is 17.5 Å². The van der Waals surface area contributed by atoms with Gasteiger partial charge in [0.2, 0.25) is 5.91 Å². The van der Waals surface area contributed by atoms with Crippen molar-refractivity contribution >= 4 is 16.7 Å². The SMILES string of the molecule is CCCCC1CCC(C(=O)NCc2nn(Cc3ccccn3)c(=O)c3ccccc23)CC1. The van der Waals surface area contributed by atoms with Crippen LogP contribution in [0.4, 0.5) is 0 Å². The number of aromatic nitrogens is 3. The predicted octanol–water partition coefficient (Wildman–Crippen LogP) is 4.45. The van der Waals surface area contributed by atoms with Gasteiger partial charge in [-0.2, -0.15) is 5.10 Å². The first-order valence-corrected chi connectivity index (χ1v) is 11.8. The number of hydrogen-bond donors (Lipinski definition) is 1. The standard InChI is InChI=1S/C26H32N4O2/c1-2-3-8-19-12-14-20(15-13-19)25(31)28-17-24-22-10-4-5-11-23(22)26(32)30(29-24)18-21-9-6-7-16-27-21/h4-7,9-11,16,19-20H,2-3,8,12-15,17-18H2,1H3,(H,28,31). The molecule has 2 aromatic heterocycles. The van der Waals surface area contributed by atoms with Gasteiger partial charge in [0.25, 0.3) is 5.56 Å². The lowest BCUT2D eigenvalue weighted by Crippen LogP contribution is -2.34. The lowest BCUT2D eigenvalue weighted by molar-refractivity contribution is -0.126. The smallest absolute Gasteiger partial charge is 0.275 e. The summed E-state index contributed by atoms with van der Waals surface area (Å²) in [5, 5.41) is 9.11. The Morgan fingerprint density at radius 3 is 2.53 bits per heavy atom. The van der Waals surface area contributed by atoms with E-state index in [-0.39, 0.29) is 17.4 Å². The van der Waals surface area contributed by atoms with Gasteiger partial charge in [-0.25, -0.2) is 4.68 Å². The van der Waals surface area contributed by atoms with E-state index in [4.69, 9.17) is 0 Å². The Bertz CT molecular complexity index is 1100. The number of fused-ring (bicyclic) bond motifs is 1. The quantitative estimate of drug-likeness (QED) is 0.570. The number of hydrogen-bond acceptors (Lipinski definition) is 4. The lowest BCUT2D eigenvalue weighted by atomic mass is 9.79. The molecule has 0 aliphatic heterocycles. The molecule has 0 atom stereocenters. The van der Waals surface area contributed by atoms with Crippen LogP contribution in [0.3, 0.4) is 0 Å². The number of benzene rings is 1. The molecule has 1 aliphatic rings. The maximum Gasteiger partial charge on any atom is 0.275 e. The third-order valence-electron chi connectivity index (χ3n) is 6.60. The van der Waals surface area contributed by atoms with Crippen LogP contribution in [0, 0.1) is 11.8 Å². The Balaban J connectivity index is 1.47. The van der Waals surface area contributed by atoms with Gasteiger partial charge in [0.15, 0.2) is 0 Å². The molecule has 6 heteroatoms. The Hall–Kier alpha value is -3.02. The minimum atomic E-state index is -0.147. The number of rotatable bonds is 8. The minimum absolute atomic E-state index is 0.0820. The predicted molar refractivity (Wildman–Crippen MR) is 126 cm³/mol. The summed E-state index contributed by atoms with van der Waals surface area (Å²) in [6.07, 6.45) is 9.75. The van der Waals surface area contributed by atoms with Crippen molar-refractivity contribution in [1.29, 1.82) is 0 Å². The van der Waals surface area contributed by atoms with Crippen molar-refractivity contribution in [3.05, 3.63) is 70.4 Å². The summed E-state index contributed by atoms with van der Waals surface area (Å²) in [6, 6.07) is 13.1. The van der Waals surface area contributed by atoms with Gasteiger partial charge in [-0.1, -0.05) is 50.5 Å². The van der Waals surface area contributed by atoms with Crippen LogP contribution >= 0.6 is 0 Å². The number of amides is 1. The molecular formula is C26H32N4O2. The topological polar surface area (TPSA) is 76.9 Å². The third-order valence-corrected chi connectivity index (χ3v) is 6.60. The van der Waals surface area contributed by atoms with Gasteiger partial charge < -0.3 is 5.32 Å². The highest BCUT2D eigenvalue weighted by Gasteiger charge is 2.26. The summed E-state index contributed by atoms with van der Waals surface area (Å²) in [7, 11) is 0. The summed E-state index contributed by atoms with van der Waals surface area (Å²) in [6.45, 7) is 2.85. The van der Waals surface area contributed by atoms with Gasteiger partial charge >= 0.3 is 0 Å². The van der Waals surface area contributed by atoms with Crippen LogP contribution in [-0.2, 0) is 17.9 Å². The van der Waals surface area contributed by atoms with Crippen molar-refractivity contribution in [1.82, 2.24) is 20.1 Å². The molecule has 0 bridgehead atoms. The Labute approximate surface area is 189 Å². The molecule has 1 aliphatic carbocycles. The second kappa shape index (κ2) is 10.5. The van der Waals surface area contributed by atoms with E-state index in [0.29, 0.717) is 24.2 Å². The van der Waals surface area contributed by atoms with Crippen molar-refractivity contribution in [2.24, 2.45) is 11.8 Å². The van der Waals surface area contributed by atoms with Crippen molar-refractivity contribution < 1.29 is 4.79 Å². The van der Waals surface area contributed by atoms with Gasteiger partial charge in [-0.15, -0.1) is 0 Å². The molecule has 32 heavy (non-hydrogen) atoms. The maximum absolute atomic E-state index is 13.0. The second-order valence-electron chi connectivity index (χ2n) is 8.85. The fourth-order valence-electron chi connectivity index (χ4n) is 4.71. The maximum atomic E-state index is 13.0. The number of unbranched alkanes of at least 4 members (excludes halogenated alkanes) is 1. The van der Waals surface area contributed by atoms with E-state index in [1.807, 2.05) is 42.5 Å². The van der Waals surface area contributed by atoms with Crippen LogP contribution in [0.2, 0.25) is 0 Å². The molecule has 0 spiro atoms. The van der Waals surface area contributed by atoms with Crippen LogP contribution in [0.15, 0.2) is 53.5 Å². The molecule has 2 heterocycles. The average molecular weight is 433 g/mol. The van der Waals surface area contributed by atoms with Gasteiger partial charge in [0.05, 0.1) is 29.9 Å². The number of carbonyl (C=O) groups is 1. The fourth-order valence-corrected chi connectivity index (χ4v) is 4.71. The summed E-state index contributed by atoms with van der Waals surface area (Å²) >= 11 is 0. The first-order chi connectivity index (χ1) is 15.7. The molecule has 4 rings (SSSR count). The number of nitrogens with zero attached hydrogens (tertiary/aromatic N) is 3. The zero-order valence-corrected chi connectivity index (χ0v) is 18.8. The minimum Gasteiger partial charge on any atom is -0.350 e. The first kappa shape index (κ1) is 22.2. The highest BCUT2D eigenvalue weighted by atomic mass is 16.2. The van der Waals surface area contributed by atoms with Gasteiger partial charge in [0.1, 0.15) is 0 Å². The monoisotopic (exact) mass is 432 g/mol. The summed E-state index contributed by atoms with van der Waals surface area (Å²) < 4.78 is 1.45. The lowest BCUT2D eigenvalue weighted by Gasteiger charge is -2.27. The average Bonchev–Trinajstić information content (AvgIpc) is 2.84. The molecule has 1 fully saturated rings. The molecule has 1 N–H and O–H groups in total. The van der Waals surface area contributed by atoms with Crippen LogP contribution in [0.5, 0.6) is 0 Å². The molecule has 0 unspecified atom stereocenters. The van der Waals surface area contributed by atoms with Crippen LogP contribution in [0.1, 0.15) is 63.3 Å². The van der Waals surface area contributed by atoms with Gasteiger partial charge in [-0.05, 0) is 49.8 Å². The second-order valence-corrected chi connectivity index (χ2v) is 8.85. The van der Waals surface area contributed by atoms with Crippen molar-refractivity contribution in [3.63, 3.8) is 0 Å². The Morgan fingerprint density at radius 2 is 1.81 bits per heavy atom. The van der Waals surface area contributed by atoms with Crippen molar-refractivity contribution in [2.75, 3.05) is 0 Å². The summed E-state index contributed by atoms with van der Waals surface area (Å²) in [5.41, 5.74) is 1.33. The summed E-state index contributed by atoms with van der Waals surface area (Å²) in [5.74, 6) is 0.964. The molecule has 0 radical (unpaired) electrons. The number of nitrogens with one attached hydrogen (secondary N) is 1. The molecule has 1 aromatic carbocycles. The molecule has 168 valence electrons. The number of carbonyl (C=O) groups excluding carboxylic acids is 1.